The first kappa shape index (κ1) is 27.2. The third kappa shape index (κ3) is 6.91. The van der Waals surface area contributed by atoms with Gasteiger partial charge in [-0.1, -0.05) is 19.9 Å². The summed E-state index contributed by atoms with van der Waals surface area (Å²) in [5.74, 6) is -3.55. The summed E-state index contributed by atoms with van der Waals surface area (Å²) >= 11 is 0. The van der Waals surface area contributed by atoms with Crippen molar-refractivity contribution in [2.24, 2.45) is 11.8 Å². The van der Waals surface area contributed by atoms with Gasteiger partial charge in [-0.25, -0.2) is 23.7 Å². The Labute approximate surface area is 216 Å². The van der Waals surface area contributed by atoms with Crippen molar-refractivity contribution in [3.63, 3.8) is 0 Å². The zero-order valence-electron chi connectivity index (χ0n) is 21.6. The summed E-state index contributed by atoms with van der Waals surface area (Å²) in [4.78, 5) is 26.5. The zero-order valence-corrected chi connectivity index (χ0v) is 21.6. The summed E-state index contributed by atoms with van der Waals surface area (Å²) in [5, 5.41) is 13.3. The van der Waals surface area contributed by atoms with Gasteiger partial charge in [0.15, 0.2) is 0 Å². The van der Waals surface area contributed by atoms with Gasteiger partial charge in [0, 0.05) is 37.3 Å². The van der Waals surface area contributed by atoms with E-state index in [4.69, 9.17) is 4.74 Å². The van der Waals surface area contributed by atoms with E-state index in [0.717, 1.165) is 30.9 Å². The number of ether oxygens (including phenoxy) is 1. The van der Waals surface area contributed by atoms with Crippen LogP contribution >= 0.6 is 0 Å². The number of nitrogens with one attached hydrogen (secondary N) is 1. The Morgan fingerprint density at radius 2 is 2.16 bits per heavy atom. The lowest BCUT2D eigenvalue weighted by molar-refractivity contribution is -0.143. The molecule has 0 radical (unpaired) electrons. The number of carboxylic acids is 1. The lowest BCUT2D eigenvalue weighted by Gasteiger charge is -2.27. The zero-order chi connectivity index (χ0) is 26.4. The van der Waals surface area contributed by atoms with Crippen LogP contribution in [0.4, 0.5) is 14.6 Å². The number of likely N-dealkylation sites (tertiary alicyclic amines) is 1. The minimum absolute atomic E-state index is 0.000524. The Kier molecular flexibility index (Phi) is 8.89. The number of unbranched alkanes of at least 4 members (excludes halogenated alkanes) is 1. The summed E-state index contributed by atoms with van der Waals surface area (Å²) in [6, 6.07) is 2.95. The SMILES string of the molecule is CC(C)COc1ncncc1C(C(=O)O)N1CC[C@@H](C(F)(F)CCCCc2ccc3c(n2)NCCC3)C1. The minimum Gasteiger partial charge on any atom is -0.480 e. The predicted molar refractivity (Wildman–Crippen MR) is 136 cm³/mol. The maximum Gasteiger partial charge on any atom is 0.325 e. The molecule has 0 bridgehead atoms. The largest absolute Gasteiger partial charge is 0.480 e. The fourth-order valence-corrected chi connectivity index (χ4v) is 5.11. The van der Waals surface area contributed by atoms with E-state index in [0.29, 0.717) is 31.4 Å². The van der Waals surface area contributed by atoms with Crippen LogP contribution in [0.25, 0.3) is 0 Å². The molecule has 0 spiro atoms. The van der Waals surface area contributed by atoms with E-state index in [9.17, 15) is 9.90 Å². The maximum absolute atomic E-state index is 15.2. The number of halogens is 2. The molecule has 2 aliphatic heterocycles. The fourth-order valence-electron chi connectivity index (χ4n) is 5.11. The fraction of sp³-hybridized carbons (Fsp3) is 0.630. The molecule has 0 aliphatic carbocycles. The number of alkyl halides is 2. The molecule has 2 aliphatic rings. The summed E-state index contributed by atoms with van der Waals surface area (Å²) < 4.78 is 36.0. The first-order chi connectivity index (χ1) is 17.7. The second-order valence-corrected chi connectivity index (χ2v) is 10.5. The molecule has 202 valence electrons. The average Bonchev–Trinajstić information content (AvgIpc) is 3.36. The number of nitrogens with zero attached hydrogens (tertiary/aromatic N) is 4. The van der Waals surface area contributed by atoms with Crippen LogP contribution in [0, 0.1) is 11.8 Å². The number of carbonyl (C=O) groups is 1. The Balaban J connectivity index is 1.32. The number of aromatic nitrogens is 3. The third-order valence-corrected chi connectivity index (χ3v) is 7.11. The standard InChI is InChI=1S/C27H37F2N5O3/c1-18(2)16-37-25-22(14-30-17-32-25)23(26(35)36)34-13-10-20(15-34)27(28,29)11-4-3-7-21-9-8-19-6-5-12-31-24(19)33-21/h8-9,14,17-18,20,23H,3-7,10-13,15-16H2,1-2H3,(H,31,33)(H,35,36)/t20-,23?/m1/s1. The van der Waals surface area contributed by atoms with Crippen LogP contribution in [-0.2, 0) is 17.6 Å². The Morgan fingerprint density at radius 3 is 2.95 bits per heavy atom. The predicted octanol–water partition coefficient (Wildman–Crippen LogP) is 4.76. The summed E-state index contributed by atoms with van der Waals surface area (Å²) in [5.41, 5.74) is 2.44. The molecular weight excluding hydrogens is 480 g/mol. The second kappa shape index (κ2) is 12.1. The molecule has 2 atom stereocenters. The molecule has 4 heterocycles. The number of fused-ring (bicyclic) bond motifs is 1. The quantitative estimate of drug-likeness (QED) is 0.389. The Morgan fingerprint density at radius 1 is 1.32 bits per heavy atom. The highest BCUT2D eigenvalue weighted by atomic mass is 19.3. The highest BCUT2D eigenvalue weighted by molar-refractivity contribution is 5.76. The normalized spacial score (nSPS) is 18.9. The lowest BCUT2D eigenvalue weighted by atomic mass is 9.95. The van der Waals surface area contributed by atoms with Gasteiger partial charge in [0.1, 0.15) is 18.2 Å². The number of carboxylic acid groups (broad SMARTS) is 1. The molecule has 2 aromatic rings. The molecule has 2 N–H and O–H groups in total. The molecule has 1 fully saturated rings. The molecule has 8 nitrogen and oxygen atoms in total. The highest BCUT2D eigenvalue weighted by Crippen LogP contribution is 2.40. The van der Waals surface area contributed by atoms with E-state index in [1.807, 2.05) is 19.9 Å². The van der Waals surface area contributed by atoms with E-state index < -0.39 is 23.9 Å². The number of hydrogen-bond donors (Lipinski definition) is 2. The number of anilines is 1. The molecule has 1 saturated heterocycles. The van der Waals surface area contributed by atoms with Crippen molar-refractivity contribution in [3.05, 3.63) is 41.5 Å². The van der Waals surface area contributed by atoms with Crippen molar-refractivity contribution in [1.29, 1.82) is 0 Å². The highest BCUT2D eigenvalue weighted by Gasteiger charge is 2.46. The average molecular weight is 518 g/mol. The van der Waals surface area contributed by atoms with Gasteiger partial charge in [-0.05, 0) is 62.6 Å². The molecule has 37 heavy (non-hydrogen) atoms. The minimum atomic E-state index is -2.87. The summed E-state index contributed by atoms with van der Waals surface area (Å²) in [6.07, 6.45) is 6.54. The maximum atomic E-state index is 15.2. The lowest BCUT2D eigenvalue weighted by Crippen LogP contribution is -2.36. The monoisotopic (exact) mass is 517 g/mol. The van der Waals surface area contributed by atoms with Gasteiger partial charge in [-0.3, -0.25) is 9.69 Å². The van der Waals surface area contributed by atoms with Crippen molar-refractivity contribution in [2.45, 2.75) is 70.8 Å². The van der Waals surface area contributed by atoms with Crippen LogP contribution in [0.5, 0.6) is 5.88 Å². The Bertz CT molecular complexity index is 1070. The van der Waals surface area contributed by atoms with Gasteiger partial charge in [0.25, 0.3) is 5.92 Å². The van der Waals surface area contributed by atoms with Gasteiger partial charge in [0.05, 0.1) is 12.2 Å². The van der Waals surface area contributed by atoms with Crippen LogP contribution in [0.1, 0.15) is 68.8 Å². The number of pyridine rings is 1. The van der Waals surface area contributed by atoms with Crippen LogP contribution < -0.4 is 10.1 Å². The van der Waals surface area contributed by atoms with Crippen molar-refractivity contribution >= 4 is 11.8 Å². The van der Waals surface area contributed by atoms with Crippen molar-refractivity contribution in [1.82, 2.24) is 19.9 Å². The smallest absolute Gasteiger partial charge is 0.325 e. The topological polar surface area (TPSA) is 100 Å². The van der Waals surface area contributed by atoms with E-state index in [1.165, 1.54) is 18.1 Å². The Hall–Kier alpha value is -2.88. The van der Waals surface area contributed by atoms with Crippen LogP contribution in [0.2, 0.25) is 0 Å². The van der Waals surface area contributed by atoms with Crippen molar-refractivity contribution in [3.8, 4) is 5.88 Å². The first-order valence-corrected chi connectivity index (χ1v) is 13.2. The van der Waals surface area contributed by atoms with Gasteiger partial charge in [-0.2, -0.15) is 0 Å². The van der Waals surface area contributed by atoms with E-state index in [-0.39, 0.29) is 37.7 Å². The van der Waals surface area contributed by atoms with E-state index in [2.05, 4.69) is 26.3 Å². The van der Waals surface area contributed by atoms with Crippen LogP contribution in [0.3, 0.4) is 0 Å². The van der Waals surface area contributed by atoms with Crippen molar-refractivity contribution < 1.29 is 23.4 Å². The van der Waals surface area contributed by atoms with Gasteiger partial charge in [0.2, 0.25) is 5.88 Å². The molecule has 0 aromatic carbocycles. The summed E-state index contributed by atoms with van der Waals surface area (Å²) in [6.45, 7) is 5.50. The van der Waals surface area contributed by atoms with E-state index in [1.54, 1.807) is 4.90 Å². The van der Waals surface area contributed by atoms with Crippen molar-refractivity contribution in [2.75, 3.05) is 31.6 Å². The molecule has 4 rings (SSSR count). The number of hydrogen-bond acceptors (Lipinski definition) is 7. The second-order valence-electron chi connectivity index (χ2n) is 10.5. The van der Waals surface area contributed by atoms with Crippen LogP contribution in [0.15, 0.2) is 24.7 Å². The number of aryl methyl sites for hydroxylation is 2. The summed E-state index contributed by atoms with van der Waals surface area (Å²) in [7, 11) is 0. The molecule has 1 unspecified atom stereocenters. The van der Waals surface area contributed by atoms with Gasteiger partial charge < -0.3 is 15.2 Å². The number of aliphatic carboxylic acids is 1. The van der Waals surface area contributed by atoms with Crippen LogP contribution in [-0.4, -0.2) is 63.1 Å². The molecular formula is C27H37F2N5O3. The van der Waals surface area contributed by atoms with Gasteiger partial charge in [-0.15, -0.1) is 0 Å². The number of rotatable bonds is 12. The molecule has 0 saturated carbocycles. The molecule has 10 heteroatoms. The van der Waals surface area contributed by atoms with E-state index >= 15 is 8.78 Å². The third-order valence-electron chi connectivity index (χ3n) is 7.11. The molecule has 2 aromatic heterocycles. The first-order valence-electron chi connectivity index (χ1n) is 13.2. The van der Waals surface area contributed by atoms with Gasteiger partial charge >= 0.3 is 5.97 Å². The molecule has 0 amide bonds.